The van der Waals surface area contributed by atoms with Crippen molar-refractivity contribution >= 4 is 28.9 Å². The summed E-state index contributed by atoms with van der Waals surface area (Å²) in [4.78, 5) is 34.9. The molecule has 0 bridgehead atoms. The van der Waals surface area contributed by atoms with Crippen LogP contribution < -0.4 is 5.43 Å². The Morgan fingerprint density at radius 3 is 2.93 bits per heavy atom. The first-order valence-corrected chi connectivity index (χ1v) is 9.54. The molecule has 0 saturated carbocycles. The lowest BCUT2D eigenvalue weighted by molar-refractivity contribution is -0.139. The number of rotatable bonds is 5. The number of nitrogens with zero attached hydrogens (tertiary/aromatic N) is 3. The van der Waals surface area contributed by atoms with Gasteiger partial charge in [0.05, 0.1) is 6.61 Å². The van der Waals surface area contributed by atoms with Gasteiger partial charge in [-0.3, -0.25) is 10.2 Å². The molecule has 2 aliphatic rings. The van der Waals surface area contributed by atoms with Crippen LogP contribution >= 0.6 is 0 Å². The molecular formula is C20H23N5O4. The van der Waals surface area contributed by atoms with E-state index in [2.05, 4.69) is 20.3 Å². The molecule has 1 saturated heterocycles. The van der Waals surface area contributed by atoms with Crippen LogP contribution in [-0.4, -0.2) is 71.5 Å². The summed E-state index contributed by atoms with van der Waals surface area (Å²) in [6.07, 6.45) is 5.05. The average Bonchev–Trinajstić information content (AvgIpc) is 3.25. The molecule has 0 aliphatic carbocycles. The van der Waals surface area contributed by atoms with Crippen LogP contribution in [0.2, 0.25) is 0 Å². The SMILES string of the molecule is CCOC(=O)C1=C(NN2CCN(C)CC2)OC(=Cc2c[nH]c3ncccc23)C1=O. The van der Waals surface area contributed by atoms with Crippen molar-refractivity contribution in [3.8, 4) is 0 Å². The van der Waals surface area contributed by atoms with E-state index in [9.17, 15) is 9.59 Å². The topological polar surface area (TPSA) is 99.8 Å². The predicted octanol–water partition coefficient (Wildman–Crippen LogP) is 1.03. The van der Waals surface area contributed by atoms with Gasteiger partial charge in [0, 0.05) is 49.5 Å². The first-order chi connectivity index (χ1) is 14.1. The average molecular weight is 397 g/mol. The molecular weight excluding hydrogens is 374 g/mol. The van der Waals surface area contributed by atoms with Crippen molar-refractivity contribution < 1.29 is 19.1 Å². The number of hydrazine groups is 1. The maximum absolute atomic E-state index is 12.9. The van der Waals surface area contributed by atoms with E-state index in [-0.39, 0.29) is 23.8 Å². The summed E-state index contributed by atoms with van der Waals surface area (Å²) >= 11 is 0. The predicted molar refractivity (Wildman–Crippen MR) is 106 cm³/mol. The van der Waals surface area contributed by atoms with Crippen LogP contribution in [0, 0.1) is 0 Å². The number of aromatic nitrogens is 2. The molecule has 152 valence electrons. The van der Waals surface area contributed by atoms with E-state index in [1.165, 1.54) is 0 Å². The first-order valence-electron chi connectivity index (χ1n) is 9.54. The van der Waals surface area contributed by atoms with Crippen molar-refractivity contribution in [2.75, 3.05) is 39.8 Å². The Morgan fingerprint density at radius 1 is 1.38 bits per heavy atom. The van der Waals surface area contributed by atoms with Crippen LogP contribution in [0.1, 0.15) is 12.5 Å². The van der Waals surface area contributed by atoms with E-state index >= 15 is 0 Å². The molecule has 2 N–H and O–H groups in total. The van der Waals surface area contributed by atoms with Crippen LogP contribution in [-0.2, 0) is 19.1 Å². The summed E-state index contributed by atoms with van der Waals surface area (Å²) in [5.41, 5.74) is 4.43. The molecule has 0 spiro atoms. The minimum atomic E-state index is -0.696. The normalized spacial score (nSPS) is 19.8. The van der Waals surface area contributed by atoms with Crippen LogP contribution in [0.15, 0.2) is 41.7 Å². The van der Waals surface area contributed by atoms with Gasteiger partial charge in [-0.2, -0.15) is 0 Å². The molecule has 0 radical (unpaired) electrons. The molecule has 4 rings (SSSR count). The number of Topliss-reactive ketones (excluding diaryl/α,β-unsaturated/α-hetero) is 1. The largest absolute Gasteiger partial charge is 0.462 e. The Bertz CT molecular complexity index is 1000. The fourth-order valence-electron chi connectivity index (χ4n) is 3.30. The maximum atomic E-state index is 12.9. The Labute approximate surface area is 167 Å². The smallest absolute Gasteiger partial charge is 0.347 e. The Kier molecular flexibility index (Phi) is 5.32. The van der Waals surface area contributed by atoms with Crippen molar-refractivity contribution in [2.45, 2.75) is 6.92 Å². The van der Waals surface area contributed by atoms with Crippen LogP contribution in [0.25, 0.3) is 17.1 Å². The number of piperazine rings is 1. The Hall–Kier alpha value is -3.17. The number of nitrogens with one attached hydrogen (secondary N) is 2. The molecule has 1 fully saturated rings. The number of ketones is 1. The maximum Gasteiger partial charge on any atom is 0.347 e. The van der Waals surface area contributed by atoms with E-state index in [4.69, 9.17) is 9.47 Å². The monoisotopic (exact) mass is 397 g/mol. The lowest BCUT2D eigenvalue weighted by Gasteiger charge is -2.32. The van der Waals surface area contributed by atoms with Crippen molar-refractivity contribution in [2.24, 2.45) is 0 Å². The zero-order valence-corrected chi connectivity index (χ0v) is 16.4. The van der Waals surface area contributed by atoms with Gasteiger partial charge in [0.1, 0.15) is 5.65 Å². The van der Waals surface area contributed by atoms with Crippen molar-refractivity contribution in [1.29, 1.82) is 0 Å². The van der Waals surface area contributed by atoms with Crippen LogP contribution in [0.3, 0.4) is 0 Å². The van der Waals surface area contributed by atoms with Gasteiger partial charge in [-0.15, -0.1) is 0 Å². The Morgan fingerprint density at radius 2 is 2.17 bits per heavy atom. The number of carbonyl (C=O) groups is 2. The standard InChI is InChI=1S/C20H23N5O4/c1-3-28-20(27)16-17(26)15(11-13-12-22-18-14(13)5-4-6-21-18)29-19(16)23-25-9-7-24(2)8-10-25/h4-6,11-12,23H,3,7-10H2,1-2H3,(H,21,22). The third-order valence-corrected chi connectivity index (χ3v) is 4.90. The molecule has 0 amide bonds. The molecule has 29 heavy (non-hydrogen) atoms. The van der Waals surface area contributed by atoms with E-state index in [0.717, 1.165) is 37.1 Å². The molecule has 0 unspecified atom stereocenters. The highest BCUT2D eigenvalue weighted by Gasteiger charge is 2.38. The lowest BCUT2D eigenvalue weighted by atomic mass is 10.1. The van der Waals surface area contributed by atoms with Gasteiger partial charge in [0.15, 0.2) is 11.3 Å². The number of hydrogen-bond donors (Lipinski definition) is 2. The van der Waals surface area contributed by atoms with Gasteiger partial charge in [-0.05, 0) is 32.2 Å². The second-order valence-electron chi connectivity index (χ2n) is 6.91. The number of carbonyl (C=O) groups excluding carboxylic acids is 2. The van der Waals surface area contributed by atoms with Crippen LogP contribution in [0.5, 0.6) is 0 Å². The van der Waals surface area contributed by atoms with Crippen molar-refractivity contribution in [1.82, 2.24) is 25.3 Å². The number of H-pyrrole nitrogens is 1. The summed E-state index contributed by atoms with van der Waals surface area (Å²) in [5, 5.41) is 2.79. The Balaban J connectivity index is 1.62. The summed E-state index contributed by atoms with van der Waals surface area (Å²) in [6, 6.07) is 3.71. The highest BCUT2D eigenvalue weighted by molar-refractivity contribution is 6.26. The third kappa shape index (κ3) is 3.87. The number of allylic oxidation sites excluding steroid dienone is 1. The number of hydrogen-bond acceptors (Lipinski definition) is 8. The first kappa shape index (κ1) is 19.2. The van der Waals surface area contributed by atoms with Gasteiger partial charge in [-0.1, -0.05) is 0 Å². The molecule has 9 heteroatoms. The molecule has 9 nitrogen and oxygen atoms in total. The van der Waals surface area contributed by atoms with Crippen LogP contribution in [0.4, 0.5) is 0 Å². The molecule has 2 aliphatic heterocycles. The number of pyridine rings is 1. The van der Waals surface area contributed by atoms with E-state index in [0.29, 0.717) is 5.65 Å². The van der Waals surface area contributed by atoms with Gasteiger partial charge in [-0.25, -0.2) is 14.8 Å². The fourth-order valence-corrected chi connectivity index (χ4v) is 3.30. The van der Waals surface area contributed by atoms with E-state index < -0.39 is 11.8 Å². The molecule has 4 heterocycles. The summed E-state index contributed by atoms with van der Waals surface area (Å²) < 4.78 is 10.9. The fraction of sp³-hybridized carbons (Fsp3) is 0.350. The van der Waals surface area contributed by atoms with Crippen molar-refractivity contribution in [3.05, 3.63) is 47.3 Å². The van der Waals surface area contributed by atoms with Gasteiger partial charge >= 0.3 is 5.97 Å². The minimum absolute atomic E-state index is 0.0643. The number of ether oxygens (including phenoxy) is 2. The third-order valence-electron chi connectivity index (χ3n) is 4.90. The molecule has 0 atom stereocenters. The van der Waals surface area contributed by atoms with E-state index in [1.54, 1.807) is 25.4 Å². The zero-order chi connectivity index (χ0) is 20.4. The zero-order valence-electron chi connectivity index (χ0n) is 16.4. The number of fused-ring (bicyclic) bond motifs is 1. The quantitative estimate of drug-likeness (QED) is 0.438. The number of likely N-dealkylation sites (N-methyl/N-ethyl adjacent to an activating group) is 1. The van der Waals surface area contributed by atoms with Crippen molar-refractivity contribution in [3.63, 3.8) is 0 Å². The van der Waals surface area contributed by atoms with Gasteiger partial charge in [0.2, 0.25) is 11.7 Å². The second-order valence-corrected chi connectivity index (χ2v) is 6.91. The number of esters is 1. The highest BCUT2D eigenvalue weighted by atomic mass is 16.5. The highest BCUT2D eigenvalue weighted by Crippen LogP contribution is 2.28. The molecule has 0 aromatic carbocycles. The lowest BCUT2D eigenvalue weighted by Crippen LogP contribution is -2.50. The molecule has 2 aromatic heterocycles. The summed E-state index contributed by atoms with van der Waals surface area (Å²) in [7, 11) is 2.05. The minimum Gasteiger partial charge on any atom is -0.462 e. The summed E-state index contributed by atoms with van der Waals surface area (Å²) in [5.74, 6) is -1.02. The van der Waals surface area contributed by atoms with Gasteiger partial charge in [0.25, 0.3) is 0 Å². The van der Waals surface area contributed by atoms with Gasteiger partial charge < -0.3 is 19.4 Å². The van der Waals surface area contributed by atoms with E-state index in [1.807, 2.05) is 24.2 Å². The second kappa shape index (κ2) is 8.06. The number of aromatic amines is 1. The summed E-state index contributed by atoms with van der Waals surface area (Å²) in [6.45, 7) is 5.08. The molecule has 2 aromatic rings.